The minimum atomic E-state index is -6.54. The highest BCUT2D eigenvalue weighted by Gasteiger charge is 2.73. The molecule has 0 atom stereocenters. The van der Waals surface area contributed by atoms with Gasteiger partial charge in [0.1, 0.15) is 5.56 Å². The maximum atomic E-state index is 14.4. The number of nitrogens with one attached hydrogen (secondary N) is 1. The molecule has 0 radical (unpaired) electrons. The van der Waals surface area contributed by atoms with Gasteiger partial charge in [0.2, 0.25) is 0 Å². The number of alkyl halides is 10. The third-order valence-electron chi connectivity index (χ3n) is 4.62. The molecule has 36 heavy (non-hydrogen) atoms. The summed E-state index contributed by atoms with van der Waals surface area (Å²) >= 11 is 0. The summed E-state index contributed by atoms with van der Waals surface area (Å²) in [6.45, 7) is 0. The zero-order chi connectivity index (χ0) is 27.9. The third kappa shape index (κ3) is 5.18. The highest BCUT2D eigenvalue weighted by molar-refractivity contribution is 6.10. The van der Waals surface area contributed by atoms with Gasteiger partial charge in [0.15, 0.2) is 0 Å². The molecule has 1 N–H and O–H groups in total. The Morgan fingerprint density at radius 1 is 0.833 bits per heavy atom. The quantitative estimate of drug-likeness (QED) is 0.221. The number of carbonyl (C=O) groups is 2. The van der Waals surface area contributed by atoms with E-state index in [9.17, 15) is 63.6 Å². The van der Waals surface area contributed by atoms with Gasteiger partial charge < -0.3 is 10.1 Å². The number of ether oxygens (including phenoxy) is 1. The van der Waals surface area contributed by atoms with Crippen LogP contribution < -0.4 is 5.32 Å². The van der Waals surface area contributed by atoms with Gasteiger partial charge in [0.05, 0.1) is 28.8 Å². The molecular weight excluding hydrogens is 526 g/mol. The number of hydrogen-bond donors (Lipinski definition) is 1. The minimum absolute atomic E-state index is 0.00332. The standard InChI is InChI=1S/C19H10F10N2O5/c1-36-15(33)11-6-8(16(20,18(24,25)26)19(27,28)29)3-5-12(11)30-14(32)10-4-2-9(17(21,22)23)7-13(10)31(34)35/h2-7H,1H3,(H,30,32). The Labute approximate surface area is 192 Å². The maximum Gasteiger partial charge on any atom is 0.435 e. The van der Waals surface area contributed by atoms with E-state index in [-0.39, 0.29) is 30.3 Å². The van der Waals surface area contributed by atoms with Crippen LogP contribution in [0.3, 0.4) is 0 Å². The minimum Gasteiger partial charge on any atom is -0.465 e. The van der Waals surface area contributed by atoms with Crippen LogP contribution in [0, 0.1) is 10.1 Å². The lowest BCUT2D eigenvalue weighted by Crippen LogP contribution is -2.50. The summed E-state index contributed by atoms with van der Waals surface area (Å²) < 4.78 is 135. The summed E-state index contributed by atoms with van der Waals surface area (Å²) in [6, 6.07) is 0.650. The molecule has 0 saturated heterocycles. The molecule has 0 heterocycles. The first kappa shape index (κ1) is 28.3. The molecule has 7 nitrogen and oxygen atoms in total. The smallest absolute Gasteiger partial charge is 0.435 e. The van der Waals surface area contributed by atoms with Gasteiger partial charge in [-0.25, -0.2) is 9.18 Å². The van der Waals surface area contributed by atoms with Crippen molar-refractivity contribution in [2.75, 3.05) is 12.4 Å². The molecule has 0 aliphatic rings. The predicted octanol–water partition coefficient (Wildman–Crippen LogP) is 5.94. The fourth-order valence-corrected chi connectivity index (χ4v) is 2.88. The molecule has 0 saturated carbocycles. The van der Waals surface area contributed by atoms with Crippen LogP contribution in [0.1, 0.15) is 31.8 Å². The van der Waals surface area contributed by atoms with Crippen molar-refractivity contribution >= 4 is 23.3 Å². The summed E-state index contributed by atoms with van der Waals surface area (Å²) in [7, 11) is 0.636. The number of nitro groups is 1. The van der Waals surface area contributed by atoms with Crippen LogP contribution in [0.25, 0.3) is 0 Å². The molecule has 17 heteroatoms. The van der Waals surface area contributed by atoms with Gasteiger partial charge in [-0.15, -0.1) is 0 Å². The van der Waals surface area contributed by atoms with Crippen LogP contribution in [0.4, 0.5) is 55.3 Å². The van der Waals surface area contributed by atoms with Crippen molar-refractivity contribution in [3.8, 4) is 0 Å². The molecule has 0 spiro atoms. The van der Waals surface area contributed by atoms with Crippen molar-refractivity contribution in [2.24, 2.45) is 0 Å². The molecule has 0 aromatic heterocycles. The molecule has 0 aliphatic carbocycles. The average Bonchev–Trinajstić information content (AvgIpc) is 2.75. The monoisotopic (exact) mass is 536 g/mol. The van der Waals surface area contributed by atoms with Crippen LogP contribution in [0.5, 0.6) is 0 Å². The van der Waals surface area contributed by atoms with Gasteiger partial charge in [-0.05, 0) is 24.3 Å². The zero-order valence-corrected chi connectivity index (χ0v) is 17.2. The van der Waals surface area contributed by atoms with Crippen molar-refractivity contribution in [1.29, 1.82) is 0 Å². The summed E-state index contributed by atoms with van der Waals surface area (Å²) in [4.78, 5) is 34.2. The molecule has 2 aromatic carbocycles. The average molecular weight is 536 g/mol. The first-order valence-electron chi connectivity index (χ1n) is 8.98. The molecule has 2 rings (SSSR count). The summed E-state index contributed by atoms with van der Waals surface area (Å²) in [5.41, 5.74) is -14.1. The Balaban J connectivity index is 2.63. The fourth-order valence-electron chi connectivity index (χ4n) is 2.88. The van der Waals surface area contributed by atoms with E-state index in [0.29, 0.717) is 13.2 Å². The molecule has 0 fully saturated rings. The van der Waals surface area contributed by atoms with E-state index < -0.39 is 74.6 Å². The van der Waals surface area contributed by atoms with Gasteiger partial charge in [-0.1, -0.05) is 6.07 Å². The normalized spacial score (nSPS) is 12.8. The molecule has 0 unspecified atom stereocenters. The number of methoxy groups -OCH3 is 1. The van der Waals surface area contributed by atoms with Crippen LogP contribution in [0.15, 0.2) is 36.4 Å². The molecule has 0 aliphatic heterocycles. The van der Waals surface area contributed by atoms with Gasteiger partial charge in [0, 0.05) is 11.6 Å². The lowest BCUT2D eigenvalue weighted by atomic mass is 9.92. The first-order chi connectivity index (χ1) is 16.3. The van der Waals surface area contributed by atoms with Crippen LogP contribution in [0.2, 0.25) is 0 Å². The number of rotatable bonds is 5. The number of halogens is 10. The van der Waals surface area contributed by atoms with Crippen molar-refractivity contribution < 1.29 is 63.2 Å². The van der Waals surface area contributed by atoms with Crippen molar-refractivity contribution in [3.05, 3.63) is 68.8 Å². The van der Waals surface area contributed by atoms with E-state index in [1.54, 1.807) is 5.32 Å². The number of amides is 1. The van der Waals surface area contributed by atoms with Crippen LogP contribution in [-0.2, 0) is 16.6 Å². The van der Waals surface area contributed by atoms with E-state index >= 15 is 0 Å². The maximum absolute atomic E-state index is 14.4. The number of carbonyl (C=O) groups excluding carboxylic acids is 2. The van der Waals surface area contributed by atoms with E-state index in [4.69, 9.17) is 0 Å². The molecule has 2 aromatic rings. The van der Waals surface area contributed by atoms with Crippen molar-refractivity contribution in [3.63, 3.8) is 0 Å². The van der Waals surface area contributed by atoms with Gasteiger partial charge in [-0.3, -0.25) is 14.9 Å². The predicted molar refractivity (Wildman–Crippen MR) is 98.7 cm³/mol. The molecule has 0 bridgehead atoms. The van der Waals surface area contributed by atoms with Crippen LogP contribution >= 0.6 is 0 Å². The largest absolute Gasteiger partial charge is 0.465 e. The number of anilines is 1. The molecular formula is C19H10F10N2O5. The SMILES string of the molecule is COC(=O)c1cc(C(F)(C(F)(F)F)C(F)(F)F)ccc1NC(=O)c1ccc(C(F)(F)F)cc1[N+](=O)[O-]. The lowest BCUT2D eigenvalue weighted by molar-refractivity contribution is -0.385. The Bertz CT molecular complexity index is 1190. The Kier molecular flexibility index (Phi) is 7.29. The Hall–Kier alpha value is -3.92. The van der Waals surface area contributed by atoms with E-state index in [2.05, 4.69) is 4.74 Å². The highest BCUT2D eigenvalue weighted by Crippen LogP contribution is 2.53. The molecule has 1 amide bonds. The number of hydrogen-bond acceptors (Lipinski definition) is 5. The van der Waals surface area contributed by atoms with Gasteiger partial charge >= 0.3 is 30.2 Å². The van der Waals surface area contributed by atoms with Crippen molar-refractivity contribution in [1.82, 2.24) is 0 Å². The third-order valence-corrected chi connectivity index (χ3v) is 4.62. The second-order valence-electron chi connectivity index (χ2n) is 6.85. The van der Waals surface area contributed by atoms with E-state index in [0.717, 1.165) is 0 Å². The Morgan fingerprint density at radius 3 is 1.81 bits per heavy atom. The fraction of sp³-hybridized carbons (Fsp3) is 0.263. The number of nitrogens with zero attached hydrogens (tertiary/aromatic N) is 1. The summed E-state index contributed by atoms with van der Waals surface area (Å²) in [6.07, 6.45) is -18.1. The van der Waals surface area contributed by atoms with Crippen LogP contribution in [-0.4, -0.2) is 36.3 Å². The number of benzene rings is 2. The van der Waals surface area contributed by atoms with Gasteiger partial charge in [0.25, 0.3) is 11.6 Å². The zero-order valence-electron chi connectivity index (χ0n) is 17.2. The van der Waals surface area contributed by atoms with E-state index in [1.807, 2.05) is 0 Å². The highest BCUT2D eigenvalue weighted by atomic mass is 19.4. The lowest BCUT2D eigenvalue weighted by Gasteiger charge is -2.30. The summed E-state index contributed by atoms with van der Waals surface area (Å²) in [5.74, 6) is -3.23. The summed E-state index contributed by atoms with van der Waals surface area (Å²) in [5, 5.41) is 12.9. The van der Waals surface area contributed by atoms with E-state index in [1.165, 1.54) is 0 Å². The topological polar surface area (TPSA) is 98.5 Å². The second-order valence-corrected chi connectivity index (χ2v) is 6.85. The Morgan fingerprint density at radius 2 is 1.36 bits per heavy atom. The number of esters is 1. The second kappa shape index (κ2) is 9.27. The van der Waals surface area contributed by atoms with Crippen molar-refractivity contribution in [2.45, 2.75) is 24.2 Å². The molecule has 196 valence electrons. The number of nitro benzene ring substituents is 1. The van der Waals surface area contributed by atoms with Gasteiger partial charge in [-0.2, -0.15) is 39.5 Å². The first-order valence-corrected chi connectivity index (χ1v) is 8.98.